The molecule has 15 heteroatoms. The second kappa shape index (κ2) is 9.44. The summed E-state index contributed by atoms with van der Waals surface area (Å²) >= 11 is 2.35. The summed E-state index contributed by atoms with van der Waals surface area (Å²) in [5, 5.41) is 17.0. The average Bonchev–Trinajstić information content (AvgIpc) is 3.18. The van der Waals surface area contributed by atoms with E-state index in [1.54, 1.807) is 0 Å². The molecule has 0 saturated carbocycles. The van der Waals surface area contributed by atoms with E-state index in [0.717, 1.165) is 16.2 Å². The molecule has 13 nitrogen and oxygen atoms in total. The molecular formula is C17H20N6O7S2. The molecular weight excluding hydrogens is 464 g/mol. The van der Waals surface area contributed by atoms with Gasteiger partial charge >= 0.3 is 12.1 Å². The number of thiazole rings is 1. The van der Waals surface area contributed by atoms with E-state index in [4.69, 9.17) is 15.3 Å². The summed E-state index contributed by atoms with van der Waals surface area (Å²) in [6, 6.07) is -0.981. The van der Waals surface area contributed by atoms with Crippen molar-refractivity contribution in [3.05, 3.63) is 22.3 Å². The Morgan fingerprint density at radius 3 is 2.72 bits per heavy atom. The summed E-state index contributed by atoms with van der Waals surface area (Å²) in [5.41, 5.74) is 5.64. The zero-order valence-corrected chi connectivity index (χ0v) is 18.9. The standard InChI is InChI=1S/C17H20N6O7S2/c1-22(2)17(28)30-4-7-5-31-14-10(13(25)23(14)11(7)15(26)27)20-12(24)9(21-29-3)8-6-32-16(18)19-8/h6,10,14H,4-5H2,1-3H3,(H2,18,19)(H,20,24)(H,26,27)/b21-9-/t10?,14-/m0/s1. The lowest BCUT2D eigenvalue weighted by Gasteiger charge is -2.49. The largest absolute Gasteiger partial charge is 0.477 e. The van der Waals surface area contributed by atoms with E-state index in [1.807, 2.05) is 0 Å². The maximum absolute atomic E-state index is 12.7. The third-order valence-electron chi connectivity index (χ3n) is 4.43. The number of carboxylic acids is 1. The van der Waals surface area contributed by atoms with Gasteiger partial charge in [0.2, 0.25) is 0 Å². The second-order valence-electron chi connectivity index (χ2n) is 6.76. The van der Waals surface area contributed by atoms with E-state index in [-0.39, 0.29) is 40.2 Å². The van der Waals surface area contributed by atoms with Gasteiger partial charge in [-0.2, -0.15) is 0 Å². The number of hydrogen-bond acceptors (Lipinski definition) is 11. The van der Waals surface area contributed by atoms with Crippen molar-refractivity contribution >= 4 is 57.8 Å². The normalized spacial score (nSPS) is 20.3. The molecule has 3 rings (SSSR count). The minimum Gasteiger partial charge on any atom is -0.477 e. The zero-order chi connectivity index (χ0) is 23.6. The van der Waals surface area contributed by atoms with Gasteiger partial charge in [0, 0.05) is 30.8 Å². The number of aromatic nitrogens is 1. The van der Waals surface area contributed by atoms with Gasteiger partial charge in [0.05, 0.1) is 0 Å². The first-order valence-electron chi connectivity index (χ1n) is 9.03. The van der Waals surface area contributed by atoms with E-state index in [2.05, 4.69) is 15.5 Å². The lowest BCUT2D eigenvalue weighted by Crippen LogP contribution is -2.71. The Hall–Kier alpha value is -3.33. The first-order chi connectivity index (χ1) is 15.1. The minimum atomic E-state index is -1.33. The molecule has 4 N–H and O–H groups in total. The lowest BCUT2D eigenvalue weighted by molar-refractivity contribution is -0.150. The number of nitrogens with two attached hydrogens (primary N) is 1. The SMILES string of the molecule is CO/N=C(\C(=O)NC1C(=O)N2C(C(=O)O)=C(COC(=O)N(C)C)CS[C@@H]12)c1csc(N)n1. The Kier molecular flexibility index (Phi) is 6.88. The Morgan fingerprint density at radius 2 is 2.16 bits per heavy atom. The van der Waals surface area contributed by atoms with Crippen LogP contribution >= 0.6 is 23.1 Å². The predicted octanol–water partition coefficient (Wildman–Crippen LogP) is -0.487. The van der Waals surface area contributed by atoms with Gasteiger partial charge in [0.1, 0.15) is 36.5 Å². The van der Waals surface area contributed by atoms with Crippen molar-refractivity contribution in [2.45, 2.75) is 11.4 Å². The van der Waals surface area contributed by atoms with Crippen LogP contribution in [0.2, 0.25) is 0 Å². The number of aliphatic carboxylic acids is 1. The number of nitrogen functional groups attached to an aromatic ring is 1. The van der Waals surface area contributed by atoms with Gasteiger partial charge < -0.3 is 30.6 Å². The monoisotopic (exact) mass is 484 g/mol. The maximum Gasteiger partial charge on any atom is 0.409 e. The van der Waals surface area contributed by atoms with E-state index in [1.165, 1.54) is 43.2 Å². The fourth-order valence-corrected chi connectivity index (χ4v) is 4.85. The highest BCUT2D eigenvalue weighted by Gasteiger charge is 2.54. The lowest BCUT2D eigenvalue weighted by atomic mass is 10.0. The Balaban J connectivity index is 1.75. The number of β-lactam (4-membered cyclic amide) rings is 1. The van der Waals surface area contributed by atoms with E-state index in [0.29, 0.717) is 0 Å². The number of fused-ring (bicyclic) bond motifs is 1. The number of thioether (sulfide) groups is 1. The fraction of sp³-hybridized carbons (Fsp3) is 0.412. The van der Waals surface area contributed by atoms with Crippen molar-refractivity contribution in [2.75, 3.05) is 39.3 Å². The number of ether oxygens (including phenoxy) is 1. The molecule has 2 aliphatic rings. The highest BCUT2D eigenvalue weighted by Crippen LogP contribution is 2.40. The number of rotatable bonds is 7. The van der Waals surface area contributed by atoms with Gasteiger partial charge in [-0.3, -0.25) is 14.5 Å². The van der Waals surface area contributed by atoms with E-state index >= 15 is 0 Å². The average molecular weight is 485 g/mol. The Bertz CT molecular complexity index is 1020. The molecule has 2 atom stereocenters. The number of carbonyl (C=O) groups is 4. The molecule has 172 valence electrons. The molecule has 0 aliphatic carbocycles. The Labute approximate surface area is 190 Å². The van der Waals surface area contributed by atoms with Crippen molar-refractivity contribution < 1.29 is 33.9 Å². The number of carbonyl (C=O) groups excluding carboxylic acids is 3. The summed E-state index contributed by atoms with van der Waals surface area (Å²) in [7, 11) is 4.24. The van der Waals surface area contributed by atoms with Crippen LogP contribution in [0.4, 0.5) is 9.93 Å². The number of nitrogens with one attached hydrogen (secondary N) is 1. The topological polar surface area (TPSA) is 177 Å². The summed E-state index contributed by atoms with van der Waals surface area (Å²) in [5.74, 6) is -2.46. The third-order valence-corrected chi connectivity index (χ3v) is 6.45. The number of hydrogen-bond donors (Lipinski definition) is 3. The molecule has 2 aliphatic heterocycles. The van der Waals surface area contributed by atoms with Crippen LogP contribution in [-0.4, -0.2) is 94.5 Å². The van der Waals surface area contributed by atoms with Crippen LogP contribution in [-0.2, 0) is 24.0 Å². The van der Waals surface area contributed by atoms with Gasteiger partial charge in [-0.25, -0.2) is 14.6 Å². The quantitative estimate of drug-likeness (QED) is 0.260. The first kappa shape index (κ1) is 23.3. The first-order valence-corrected chi connectivity index (χ1v) is 11.0. The van der Waals surface area contributed by atoms with Crippen molar-refractivity contribution in [1.82, 2.24) is 20.1 Å². The highest BCUT2D eigenvalue weighted by atomic mass is 32.2. The molecule has 1 aromatic heterocycles. The number of nitrogens with zero attached hydrogens (tertiary/aromatic N) is 4. The third kappa shape index (κ3) is 4.47. The van der Waals surface area contributed by atoms with Gasteiger partial charge in [0.25, 0.3) is 11.8 Å². The van der Waals surface area contributed by atoms with Crippen molar-refractivity contribution in [1.29, 1.82) is 0 Å². The van der Waals surface area contributed by atoms with Gasteiger partial charge in [-0.15, -0.1) is 23.1 Å². The van der Waals surface area contributed by atoms with Gasteiger partial charge in [0.15, 0.2) is 10.8 Å². The zero-order valence-electron chi connectivity index (χ0n) is 17.2. The summed E-state index contributed by atoms with van der Waals surface area (Å²) in [6.45, 7) is -0.269. The molecule has 3 amide bonds. The number of anilines is 1. The molecule has 32 heavy (non-hydrogen) atoms. The minimum absolute atomic E-state index is 0.169. The van der Waals surface area contributed by atoms with Gasteiger partial charge in [-0.05, 0) is 0 Å². The maximum atomic E-state index is 12.7. The van der Waals surface area contributed by atoms with Crippen LogP contribution in [0.5, 0.6) is 0 Å². The van der Waals surface area contributed by atoms with Crippen molar-refractivity contribution in [2.24, 2.45) is 5.16 Å². The molecule has 1 saturated heterocycles. The van der Waals surface area contributed by atoms with Crippen LogP contribution in [0.25, 0.3) is 0 Å². The molecule has 0 radical (unpaired) electrons. The second-order valence-corrected chi connectivity index (χ2v) is 8.76. The predicted molar refractivity (Wildman–Crippen MR) is 115 cm³/mol. The van der Waals surface area contributed by atoms with Crippen LogP contribution in [0, 0.1) is 0 Å². The highest BCUT2D eigenvalue weighted by molar-refractivity contribution is 8.00. The van der Waals surface area contributed by atoms with Crippen LogP contribution in [0.1, 0.15) is 5.69 Å². The number of carboxylic acid groups (broad SMARTS) is 1. The molecule has 0 spiro atoms. The Morgan fingerprint density at radius 1 is 1.44 bits per heavy atom. The van der Waals surface area contributed by atoms with Crippen LogP contribution in [0.15, 0.2) is 21.8 Å². The summed E-state index contributed by atoms with van der Waals surface area (Å²) < 4.78 is 5.07. The summed E-state index contributed by atoms with van der Waals surface area (Å²) in [4.78, 5) is 59.9. The molecule has 0 aromatic carbocycles. The van der Waals surface area contributed by atoms with Crippen molar-refractivity contribution in [3.8, 4) is 0 Å². The van der Waals surface area contributed by atoms with Crippen molar-refractivity contribution in [3.63, 3.8) is 0 Å². The molecule has 1 fully saturated rings. The van der Waals surface area contributed by atoms with E-state index in [9.17, 15) is 24.3 Å². The molecule has 1 unspecified atom stereocenters. The summed E-state index contributed by atoms with van der Waals surface area (Å²) in [6.07, 6.45) is -0.637. The smallest absolute Gasteiger partial charge is 0.409 e. The van der Waals surface area contributed by atoms with Gasteiger partial charge in [-0.1, -0.05) is 5.16 Å². The molecule has 0 bridgehead atoms. The number of amides is 3. The van der Waals surface area contributed by atoms with Crippen LogP contribution in [0.3, 0.4) is 0 Å². The van der Waals surface area contributed by atoms with Crippen LogP contribution < -0.4 is 11.1 Å². The fourth-order valence-electron chi connectivity index (χ4n) is 2.97. The molecule has 3 heterocycles. The van der Waals surface area contributed by atoms with E-state index < -0.39 is 35.3 Å². The molecule has 1 aromatic rings. The number of oxime groups is 1.